The summed E-state index contributed by atoms with van der Waals surface area (Å²) in [7, 11) is 1.83. The fourth-order valence-electron chi connectivity index (χ4n) is 1.34. The Morgan fingerprint density at radius 2 is 2.18 bits per heavy atom. The predicted molar refractivity (Wildman–Crippen MR) is 67.8 cm³/mol. The van der Waals surface area contributed by atoms with Gasteiger partial charge in [-0.3, -0.25) is 4.79 Å². The highest BCUT2D eigenvalue weighted by Gasteiger charge is 2.13. The number of rotatable bonds is 4. The minimum atomic E-state index is -0.203. The van der Waals surface area contributed by atoms with E-state index in [1.54, 1.807) is 10.8 Å². The first-order valence-electron chi connectivity index (χ1n) is 5.47. The minimum absolute atomic E-state index is 0.0298. The summed E-state index contributed by atoms with van der Waals surface area (Å²) in [5.41, 5.74) is -0.203. The van der Waals surface area contributed by atoms with Gasteiger partial charge in [0.05, 0.1) is 19.3 Å². The molecule has 0 atom stereocenters. The van der Waals surface area contributed by atoms with Crippen LogP contribution in [0.25, 0.3) is 0 Å². The van der Waals surface area contributed by atoms with E-state index in [1.165, 1.54) is 0 Å². The van der Waals surface area contributed by atoms with Gasteiger partial charge in [-0.1, -0.05) is 11.6 Å². The predicted octanol–water partition coefficient (Wildman–Crippen LogP) is 1.08. The Labute approximate surface area is 107 Å². The summed E-state index contributed by atoms with van der Waals surface area (Å²) >= 11 is 5.85. The number of amides is 1. The Bertz CT molecular complexity index is 395. The van der Waals surface area contributed by atoms with Crippen LogP contribution >= 0.6 is 11.6 Å². The SMILES string of the molecule is Cn1c(Cl)cnc1CNCC(=O)NC(C)(C)C. The molecule has 0 aromatic carbocycles. The maximum absolute atomic E-state index is 11.5. The van der Waals surface area contributed by atoms with Gasteiger partial charge in [0.2, 0.25) is 5.91 Å². The van der Waals surface area contributed by atoms with E-state index in [1.807, 2.05) is 27.8 Å². The second-order valence-electron chi connectivity index (χ2n) is 4.96. The zero-order valence-electron chi connectivity index (χ0n) is 10.7. The van der Waals surface area contributed by atoms with Crippen LogP contribution in [0.15, 0.2) is 6.20 Å². The van der Waals surface area contributed by atoms with Gasteiger partial charge in [-0.2, -0.15) is 0 Å². The highest BCUT2D eigenvalue weighted by Crippen LogP contribution is 2.08. The van der Waals surface area contributed by atoms with Crippen molar-refractivity contribution in [3.63, 3.8) is 0 Å². The van der Waals surface area contributed by atoms with Crippen LogP contribution in [0.4, 0.5) is 0 Å². The minimum Gasteiger partial charge on any atom is -0.350 e. The lowest BCUT2D eigenvalue weighted by atomic mass is 10.1. The van der Waals surface area contributed by atoms with Crippen molar-refractivity contribution < 1.29 is 4.79 Å². The number of imidazole rings is 1. The summed E-state index contributed by atoms with van der Waals surface area (Å²) < 4.78 is 1.77. The van der Waals surface area contributed by atoms with Crippen molar-refractivity contribution in [3.05, 3.63) is 17.2 Å². The summed E-state index contributed by atoms with van der Waals surface area (Å²) in [6.45, 7) is 6.62. The number of aromatic nitrogens is 2. The number of hydrogen-bond acceptors (Lipinski definition) is 3. The highest BCUT2D eigenvalue weighted by molar-refractivity contribution is 6.29. The van der Waals surface area contributed by atoms with Crippen molar-refractivity contribution >= 4 is 17.5 Å². The highest BCUT2D eigenvalue weighted by atomic mass is 35.5. The third-order valence-corrected chi connectivity index (χ3v) is 2.46. The maximum atomic E-state index is 11.5. The van der Waals surface area contributed by atoms with Gasteiger partial charge in [0.25, 0.3) is 0 Å². The summed E-state index contributed by atoms with van der Waals surface area (Å²) in [5.74, 6) is 0.774. The normalized spacial score (nSPS) is 11.6. The van der Waals surface area contributed by atoms with Gasteiger partial charge in [-0.15, -0.1) is 0 Å². The zero-order chi connectivity index (χ0) is 13.1. The fraction of sp³-hybridized carbons (Fsp3) is 0.636. The fourth-order valence-corrected chi connectivity index (χ4v) is 1.49. The molecule has 2 N–H and O–H groups in total. The van der Waals surface area contributed by atoms with Crippen LogP contribution in [0, 0.1) is 0 Å². The van der Waals surface area contributed by atoms with Crippen LogP contribution in [0.2, 0.25) is 5.15 Å². The molecule has 6 heteroatoms. The average Bonchev–Trinajstić information content (AvgIpc) is 2.46. The smallest absolute Gasteiger partial charge is 0.234 e. The van der Waals surface area contributed by atoms with E-state index >= 15 is 0 Å². The van der Waals surface area contributed by atoms with Gasteiger partial charge in [-0.05, 0) is 20.8 Å². The van der Waals surface area contributed by atoms with E-state index < -0.39 is 0 Å². The molecule has 1 aromatic rings. The molecule has 1 rings (SSSR count). The molecule has 1 heterocycles. The van der Waals surface area contributed by atoms with Crippen LogP contribution in [0.5, 0.6) is 0 Å². The molecule has 1 amide bonds. The number of carbonyl (C=O) groups is 1. The van der Waals surface area contributed by atoms with E-state index in [0.29, 0.717) is 11.7 Å². The third kappa shape index (κ3) is 4.75. The number of nitrogens with zero attached hydrogens (tertiary/aromatic N) is 2. The molecule has 0 aliphatic rings. The van der Waals surface area contributed by atoms with Crippen molar-refractivity contribution in [3.8, 4) is 0 Å². The standard InChI is InChI=1S/C11H19ClN4O/c1-11(2,3)15-10(17)7-13-6-9-14-5-8(12)16(9)4/h5,13H,6-7H2,1-4H3,(H,15,17). The Morgan fingerprint density at radius 1 is 1.53 bits per heavy atom. The molecule has 0 aliphatic carbocycles. The lowest BCUT2D eigenvalue weighted by molar-refractivity contribution is -0.121. The molecule has 0 radical (unpaired) electrons. The average molecular weight is 259 g/mol. The lowest BCUT2D eigenvalue weighted by Crippen LogP contribution is -2.44. The van der Waals surface area contributed by atoms with Crippen molar-refractivity contribution in [1.82, 2.24) is 20.2 Å². The van der Waals surface area contributed by atoms with E-state index in [-0.39, 0.29) is 18.0 Å². The van der Waals surface area contributed by atoms with Crippen molar-refractivity contribution in [2.24, 2.45) is 7.05 Å². The van der Waals surface area contributed by atoms with Gasteiger partial charge in [0.15, 0.2) is 0 Å². The Morgan fingerprint density at radius 3 is 2.65 bits per heavy atom. The van der Waals surface area contributed by atoms with Gasteiger partial charge in [0, 0.05) is 12.6 Å². The number of halogens is 1. The second-order valence-corrected chi connectivity index (χ2v) is 5.35. The van der Waals surface area contributed by atoms with Gasteiger partial charge in [-0.25, -0.2) is 4.98 Å². The van der Waals surface area contributed by atoms with Gasteiger partial charge >= 0.3 is 0 Å². The second kappa shape index (κ2) is 5.51. The zero-order valence-corrected chi connectivity index (χ0v) is 11.4. The summed E-state index contributed by atoms with van der Waals surface area (Å²) in [5, 5.41) is 6.48. The number of hydrogen-bond donors (Lipinski definition) is 2. The maximum Gasteiger partial charge on any atom is 0.234 e. The van der Waals surface area contributed by atoms with Gasteiger partial charge in [0.1, 0.15) is 11.0 Å². The Kier molecular flexibility index (Phi) is 4.54. The summed E-state index contributed by atoms with van der Waals surface area (Å²) in [6.07, 6.45) is 1.59. The monoisotopic (exact) mass is 258 g/mol. The van der Waals surface area contributed by atoms with Crippen molar-refractivity contribution in [1.29, 1.82) is 0 Å². The lowest BCUT2D eigenvalue weighted by Gasteiger charge is -2.20. The van der Waals surface area contributed by atoms with Crippen molar-refractivity contribution in [2.45, 2.75) is 32.9 Å². The first-order valence-corrected chi connectivity index (χ1v) is 5.85. The molecule has 0 spiro atoms. The Balaban J connectivity index is 2.34. The van der Waals surface area contributed by atoms with E-state index in [2.05, 4.69) is 15.6 Å². The van der Waals surface area contributed by atoms with E-state index in [4.69, 9.17) is 11.6 Å². The van der Waals surface area contributed by atoms with E-state index in [9.17, 15) is 4.79 Å². The molecule has 0 saturated carbocycles. The van der Waals surface area contributed by atoms with Crippen LogP contribution < -0.4 is 10.6 Å². The van der Waals surface area contributed by atoms with Crippen LogP contribution in [0.1, 0.15) is 26.6 Å². The first kappa shape index (κ1) is 14.0. The molecular weight excluding hydrogens is 240 g/mol. The molecule has 96 valence electrons. The number of carbonyl (C=O) groups excluding carboxylic acids is 1. The molecule has 0 saturated heterocycles. The molecule has 0 fully saturated rings. The van der Waals surface area contributed by atoms with Crippen LogP contribution in [-0.2, 0) is 18.4 Å². The largest absolute Gasteiger partial charge is 0.350 e. The van der Waals surface area contributed by atoms with Crippen LogP contribution in [-0.4, -0.2) is 27.5 Å². The number of nitrogens with one attached hydrogen (secondary N) is 2. The van der Waals surface area contributed by atoms with Crippen molar-refractivity contribution in [2.75, 3.05) is 6.54 Å². The molecular formula is C11H19ClN4O. The molecule has 0 bridgehead atoms. The molecule has 0 aliphatic heterocycles. The van der Waals surface area contributed by atoms with Crippen LogP contribution in [0.3, 0.4) is 0 Å². The Hall–Kier alpha value is -1.07. The quantitative estimate of drug-likeness (QED) is 0.850. The first-order chi connectivity index (χ1) is 7.79. The molecule has 0 unspecified atom stereocenters. The third-order valence-electron chi connectivity index (χ3n) is 2.11. The summed E-state index contributed by atoms with van der Waals surface area (Å²) in [6, 6.07) is 0. The summed E-state index contributed by atoms with van der Waals surface area (Å²) in [4.78, 5) is 15.6. The molecule has 1 aromatic heterocycles. The van der Waals surface area contributed by atoms with E-state index in [0.717, 1.165) is 5.82 Å². The topological polar surface area (TPSA) is 59.0 Å². The van der Waals surface area contributed by atoms with Gasteiger partial charge < -0.3 is 15.2 Å². The molecule has 17 heavy (non-hydrogen) atoms. The molecule has 5 nitrogen and oxygen atoms in total.